The highest BCUT2D eigenvalue weighted by Gasteiger charge is 2.29. The van der Waals surface area contributed by atoms with E-state index in [0.29, 0.717) is 30.6 Å². The molecule has 7 nitrogen and oxygen atoms in total. The van der Waals surface area contributed by atoms with Gasteiger partial charge in [-0.15, -0.1) is 0 Å². The van der Waals surface area contributed by atoms with Gasteiger partial charge in [-0.2, -0.15) is 0 Å². The van der Waals surface area contributed by atoms with Crippen molar-refractivity contribution in [1.29, 1.82) is 0 Å². The van der Waals surface area contributed by atoms with Gasteiger partial charge in [0.25, 0.3) is 5.91 Å². The predicted molar refractivity (Wildman–Crippen MR) is 97.3 cm³/mol. The first-order valence-electron chi connectivity index (χ1n) is 9.15. The summed E-state index contributed by atoms with van der Waals surface area (Å²) in [6, 6.07) is 5.05. The minimum atomic E-state index is -0.872. The Morgan fingerprint density at radius 2 is 1.77 bits per heavy atom. The summed E-state index contributed by atoms with van der Waals surface area (Å²) in [6.45, 7) is 4.07. The van der Waals surface area contributed by atoms with Gasteiger partial charge in [0.2, 0.25) is 0 Å². The Morgan fingerprint density at radius 3 is 2.46 bits per heavy atom. The first-order chi connectivity index (χ1) is 12.5. The molecule has 1 aromatic carbocycles. The van der Waals surface area contributed by atoms with E-state index in [9.17, 15) is 19.5 Å². The lowest BCUT2D eigenvalue weighted by atomic mass is 9.98. The van der Waals surface area contributed by atoms with E-state index in [1.807, 2.05) is 24.0 Å². The molecule has 2 N–H and O–H groups in total. The number of aryl methyl sites for hydroxylation is 1. The van der Waals surface area contributed by atoms with E-state index in [2.05, 4.69) is 5.32 Å². The average Bonchev–Trinajstić information content (AvgIpc) is 3.16. The number of aliphatic carboxylic acids is 1. The normalized spacial score (nSPS) is 20.1. The fourth-order valence-corrected chi connectivity index (χ4v) is 3.69. The molecule has 2 heterocycles. The van der Waals surface area contributed by atoms with Crippen LogP contribution in [0, 0.1) is 12.8 Å². The van der Waals surface area contributed by atoms with Gasteiger partial charge in [-0.1, -0.05) is 12.1 Å². The smallest absolute Gasteiger partial charge is 0.321 e. The van der Waals surface area contributed by atoms with Crippen LogP contribution in [0.25, 0.3) is 0 Å². The molecule has 2 aliphatic rings. The Hall–Kier alpha value is -2.57. The second-order valence-electron chi connectivity index (χ2n) is 7.05. The molecule has 0 aromatic heterocycles. The zero-order valence-corrected chi connectivity index (χ0v) is 15.0. The van der Waals surface area contributed by atoms with Crippen molar-refractivity contribution < 1.29 is 19.5 Å². The Bertz CT molecular complexity index is 713. The first-order valence-corrected chi connectivity index (χ1v) is 9.15. The van der Waals surface area contributed by atoms with E-state index in [1.54, 1.807) is 6.07 Å². The lowest BCUT2D eigenvalue weighted by Gasteiger charge is -2.31. The molecule has 2 saturated heterocycles. The van der Waals surface area contributed by atoms with E-state index in [0.717, 1.165) is 31.5 Å². The van der Waals surface area contributed by atoms with E-state index >= 15 is 0 Å². The predicted octanol–water partition coefficient (Wildman–Crippen LogP) is 2.56. The number of carbonyl (C=O) groups excluding carboxylic acids is 2. The molecule has 0 bridgehead atoms. The molecule has 0 aliphatic carbocycles. The third-order valence-electron chi connectivity index (χ3n) is 5.18. The van der Waals surface area contributed by atoms with Gasteiger partial charge in [-0.05, 0) is 44.2 Å². The van der Waals surface area contributed by atoms with E-state index < -0.39 is 11.9 Å². The monoisotopic (exact) mass is 359 g/mol. The number of hydrogen-bond donors (Lipinski definition) is 2. The molecule has 3 amide bonds. The van der Waals surface area contributed by atoms with Crippen LogP contribution in [0.2, 0.25) is 0 Å². The largest absolute Gasteiger partial charge is 0.481 e. The number of anilines is 1. The summed E-state index contributed by atoms with van der Waals surface area (Å²) in [5.74, 6) is -1.46. The highest BCUT2D eigenvalue weighted by Crippen LogP contribution is 2.25. The van der Waals surface area contributed by atoms with E-state index in [1.165, 1.54) is 4.90 Å². The van der Waals surface area contributed by atoms with Crippen molar-refractivity contribution in [2.24, 2.45) is 5.92 Å². The van der Waals surface area contributed by atoms with Gasteiger partial charge in [0.05, 0.1) is 17.2 Å². The molecular formula is C19H25N3O4. The second kappa shape index (κ2) is 7.76. The summed E-state index contributed by atoms with van der Waals surface area (Å²) in [6.07, 6.45) is 3.26. The number of amides is 3. The SMILES string of the molecule is Cc1cccc(NC(=O)N2CCCC(C(=O)O)C2)c1C(=O)N1CCCC1. The topological polar surface area (TPSA) is 90.0 Å². The molecular weight excluding hydrogens is 334 g/mol. The summed E-state index contributed by atoms with van der Waals surface area (Å²) in [5.41, 5.74) is 1.83. The zero-order chi connectivity index (χ0) is 18.7. The van der Waals surface area contributed by atoms with Gasteiger partial charge in [0.15, 0.2) is 0 Å². The van der Waals surface area contributed by atoms with Crippen LogP contribution in [0.4, 0.5) is 10.5 Å². The second-order valence-corrected chi connectivity index (χ2v) is 7.05. The van der Waals surface area contributed by atoms with Crippen molar-refractivity contribution in [3.8, 4) is 0 Å². The van der Waals surface area contributed by atoms with Crippen molar-refractivity contribution in [2.45, 2.75) is 32.6 Å². The molecule has 0 saturated carbocycles. The molecule has 2 aliphatic heterocycles. The highest BCUT2D eigenvalue weighted by molar-refractivity contribution is 6.04. The maximum Gasteiger partial charge on any atom is 0.321 e. The Kier molecular flexibility index (Phi) is 5.44. The number of carboxylic acids is 1. The lowest BCUT2D eigenvalue weighted by Crippen LogP contribution is -2.44. The van der Waals surface area contributed by atoms with Crippen LogP contribution in [0.15, 0.2) is 18.2 Å². The van der Waals surface area contributed by atoms with Gasteiger partial charge in [-0.25, -0.2) is 4.79 Å². The molecule has 140 valence electrons. The number of urea groups is 1. The fraction of sp³-hybridized carbons (Fsp3) is 0.526. The van der Waals surface area contributed by atoms with Gasteiger partial charge < -0.3 is 20.2 Å². The van der Waals surface area contributed by atoms with Gasteiger partial charge in [0.1, 0.15) is 0 Å². The van der Waals surface area contributed by atoms with Crippen molar-refractivity contribution in [3.63, 3.8) is 0 Å². The van der Waals surface area contributed by atoms with Crippen LogP contribution < -0.4 is 5.32 Å². The number of piperidine rings is 1. The van der Waals surface area contributed by atoms with Crippen LogP contribution >= 0.6 is 0 Å². The fourth-order valence-electron chi connectivity index (χ4n) is 3.69. The summed E-state index contributed by atoms with van der Waals surface area (Å²) >= 11 is 0. The number of hydrogen-bond acceptors (Lipinski definition) is 3. The van der Waals surface area contributed by atoms with Crippen molar-refractivity contribution >= 4 is 23.6 Å². The van der Waals surface area contributed by atoms with Crippen LogP contribution in [-0.4, -0.2) is 59.0 Å². The number of nitrogens with zero attached hydrogens (tertiary/aromatic N) is 2. The molecule has 0 spiro atoms. The van der Waals surface area contributed by atoms with Crippen LogP contribution in [0.5, 0.6) is 0 Å². The summed E-state index contributed by atoms with van der Waals surface area (Å²) in [4.78, 5) is 40.1. The summed E-state index contributed by atoms with van der Waals surface area (Å²) in [7, 11) is 0. The van der Waals surface area contributed by atoms with E-state index in [-0.39, 0.29) is 18.5 Å². The van der Waals surface area contributed by atoms with Crippen LogP contribution in [-0.2, 0) is 4.79 Å². The number of carboxylic acid groups (broad SMARTS) is 1. The highest BCUT2D eigenvalue weighted by atomic mass is 16.4. The van der Waals surface area contributed by atoms with Crippen molar-refractivity contribution in [1.82, 2.24) is 9.80 Å². The Balaban J connectivity index is 1.77. The Morgan fingerprint density at radius 1 is 1.08 bits per heavy atom. The average molecular weight is 359 g/mol. The van der Waals surface area contributed by atoms with Crippen molar-refractivity contribution in [3.05, 3.63) is 29.3 Å². The zero-order valence-electron chi connectivity index (χ0n) is 15.0. The molecule has 1 atom stereocenters. The quantitative estimate of drug-likeness (QED) is 0.868. The van der Waals surface area contributed by atoms with E-state index in [4.69, 9.17) is 0 Å². The third-order valence-corrected chi connectivity index (χ3v) is 5.18. The molecule has 7 heteroatoms. The number of nitrogens with one attached hydrogen (secondary N) is 1. The van der Waals surface area contributed by atoms with Crippen LogP contribution in [0.1, 0.15) is 41.6 Å². The lowest BCUT2D eigenvalue weighted by molar-refractivity contribution is -0.143. The number of rotatable bonds is 3. The van der Waals surface area contributed by atoms with Crippen molar-refractivity contribution in [2.75, 3.05) is 31.5 Å². The van der Waals surface area contributed by atoms with Crippen LogP contribution in [0.3, 0.4) is 0 Å². The molecule has 3 rings (SSSR count). The number of likely N-dealkylation sites (tertiary alicyclic amines) is 2. The minimum Gasteiger partial charge on any atom is -0.481 e. The summed E-state index contributed by atoms with van der Waals surface area (Å²) < 4.78 is 0. The molecule has 1 unspecified atom stereocenters. The van der Waals surface area contributed by atoms with Gasteiger partial charge in [-0.3, -0.25) is 9.59 Å². The third kappa shape index (κ3) is 3.81. The molecule has 1 aromatic rings. The van der Waals surface area contributed by atoms with Gasteiger partial charge in [0, 0.05) is 26.2 Å². The Labute approximate surface area is 153 Å². The number of carbonyl (C=O) groups is 3. The van der Waals surface area contributed by atoms with Gasteiger partial charge >= 0.3 is 12.0 Å². The summed E-state index contributed by atoms with van der Waals surface area (Å²) in [5, 5.41) is 12.0. The maximum absolute atomic E-state index is 12.9. The molecule has 26 heavy (non-hydrogen) atoms. The first kappa shape index (κ1) is 18.2. The standard InChI is InChI=1S/C19H25N3O4/c1-13-6-4-8-15(16(13)17(23)21-9-2-3-10-21)20-19(26)22-11-5-7-14(12-22)18(24)25/h4,6,8,14H,2-3,5,7,9-12H2,1H3,(H,20,26)(H,24,25). The minimum absolute atomic E-state index is 0.0574. The molecule has 2 fully saturated rings. The number of benzene rings is 1. The maximum atomic E-state index is 12.9. The molecule has 0 radical (unpaired) electrons.